The molecule has 2 aromatic rings. The normalized spacial score (nSPS) is 11.0. The van der Waals surface area contributed by atoms with Gasteiger partial charge in [0.05, 0.1) is 11.0 Å². The second kappa shape index (κ2) is 2.87. The molecule has 0 spiro atoms. The lowest BCUT2D eigenvalue weighted by atomic mass is 10.1. The van der Waals surface area contributed by atoms with E-state index in [0.29, 0.717) is 0 Å². The molecule has 0 N–H and O–H groups in total. The van der Waals surface area contributed by atoms with Gasteiger partial charge in [0.1, 0.15) is 5.82 Å². The second-order valence-electron chi connectivity index (χ2n) is 3.39. The van der Waals surface area contributed by atoms with Gasteiger partial charge in [-0.15, -0.1) is 0 Å². The summed E-state index contributed by atoms with van der Waals surface area (Å²) in [6.45, 7) is 4.20. The average molecular weight is 174 g/mol. The highest BCUT2D eigenvalue weighted by atomic mass is 15.0. The fraction of sp³-hybridized carbons (Fsp3) is 0.364. The monoisotopic (exact) mass is 174 g/mol. The first-order valence-electron chi connectivity index (χ1n) is 4.64. The Morgan fingerprint density at radius 3 is 2.85 bits per heavy atom. The van der Waals surface area contributed by atoms with E-state index in [1.807, 2.05) is 6.92 Å². The molecular formula is C11H14N2. The van der Waals surface area contributed by atoms with Crippen LogP contribution in [-0.4, -0.2) is 9.55 Å². The van der Waals surface area contributed by atoms with Gasteiger partial charge < -0.3 is 4.57 Å². The van der Waals surface area contributed by atoms with Crippen molar-refractivity contribution in [3.05, 3.63) is 29.6 Å². The Hall–Kier alpha value is -1.31. The van der Waals surface area contributed by atoms with E-state index in [1.165, 1.54) is 11.1 Å². The summed E-state index contributed by atoms with van der Waals surface area (Å²) in [6, 6.07) is 6.49. The fourth-order valence-corrected chi connectivity index (χ4v) is 1.59. The van der Waals surface area contributed by atoms with Crippen molar-refractivity contribution < 1.29 is 0 Å². The van der Waals surface area contributed by atoms with Crippen LogP contribution >= 0.6 is 0 Å². The van der Waals surface area contributed by atoms with Crippen molar-refractivity contribution in [2.45, 2.75) is 20.3 Å². The largest absolute Gasteiger partial charge is 0.331 e. The van der Waals surface area contributed by atoms with Gasteiger partial charge in [0.25, 0.3) is 0 Å². The molecule has 0 fully saturated rings. The van der Waals surface area contributed by atoms with Crippen LogP contribution in [0.1, 0.15) is 18.3 Å². The first-order chi connectivity index (χ1) is 6.22. The lowest BCUT2D eigenvalue weighted by Crippen LogP contribution is -1.89. The van der Waals surface area contributed by atoms with E-state index < -0.39 is 0 Å². The Labute approximate surface area is 78.2 Å². The van der Waals surface area contributed by atoms with Crippen LogP contribution in [-0.2, 0) is 13.5 Å². The number of rotatable bonds is 1. The Morgan fingerprint density at radius 1 is 1.38 bits per heavy atom. The lowest BCUT2D eigenvalue weighted by molar-refractivity contribution is 0.886. The molecular weight excluding hydrogens is 160 g/mol. The van der Waals surface area contributed by atoms with Gasteiger partial charge >= 0.3 is 0 Å². The summed E-state index contributed by atoms with van der Waals surface area (Å²) in [5, 5.41) is 0. The zero-order valence-electron chi connectivity index (χ0n) is 8.33. The molecule has 0 radical (unpaired) electrons. The van der Waals surface area contributed by atoms with Crippen LogP contribution in [0.25, 0.3) is 11.0 Å². The zero-order valence-corrected chi connectivity index (χ0v) is 8.33. The average Bonchev–Trinajstić information content (AvgIpc) is 2.42. The van der Waals surface area contributed by atoms with Crippen molar-refractivity contribution in [1.29, 1.82) is 0 Å². The molecule has 2 rings (SSSR count). The predicted octanol–water partition coefficient (Wildman–Crippen LogP) is 2.44. The minimum atomic E-state index is 1.07. The van der Waals surface area contributed by atoms with Crippen LogP contribution in [0.2, 0.25) is 0 Å². The summed E-state index contributed by atoms with van der Waals surface area (Å²) in [5.41, 5.74) is 3.68. The Balaban J connectivity index is 2.73. The number of nitrogens with zero attached hydrogens (tertiary/aromatic N) is 2. The number of aromatic nitrogens is 2. The van der Waals surface area contributed by atoms with Crippen molar-refractivity contribution >= 4 is 11.0 Å². The summed E-state index contributed by atoms with van der Waals surface area (Å²) in [6.07, 6.45) is 1.07. The molecule has 0 atom stereocenters. The first-order valence-corrected chi connectivity index (χ1v) is 4.64. The summed E-state index contributed by atoms with van der Waals surface area (Å²) in [4.78, 5) is 4.48. The summed E-state index contributed by atoms with van der Waals surface area (Å²) in [7, 11) is 2.05. The van der Waals surface area contributed by atoms with E-state index in [-0.39, 0.29) is 0 Å². The van der Waals surface area contributed by atoms with Crippen LogP contribution in [0.15, 0.2) is 18.2 Å². The molecule has 0 saturated carbocycles. The third-order valence-corrected chi connectivity index (χ3v) is 2.58. The maximum absolute atomic E-state index is 4.48. The van der Waals surface area contributed by atoms with Gasteiger partial charge in [0.15, 0.2) is 0 Å². The topological polar surface area (TPSA) is 17.8 Å². The Morgan fingerprint density at radius 2 is 2.15 bits per heavy atom. The van der Waals surface area contributed by atoms with Crippen LogP contribution in [0, 0.1) is 6.92 Å². The predicted molar refractivity (Wildman–Crippen MR) is 54.8 cm³/mol. The molecule has 0 aliphatic carbocycles. The van der Waals surface area contributed by atoms with E-state index >= 15 is 0 Å². The number of imidazole rings is 1. The number of aryl methyl sites for hydroxylation is 3. The van der Waals surface area contributed by atoms with Gasteiger partial charge in [-0.05, 0) is 31.0 Å². The SMILES string of the molecule is CCc1ccc2c(c1)nc(C)n2C. The van der Waals surface area contributed by atoms with Crippen LogP contribution in [0.5, 0.6) is 0 Å². The molecule has 0 unspecified atom stereocenters. The molecule has 0 saturated heterocycles. The number of hydrogen-bond donors (Lipinski definition) is 0. The van der Waals surface area contributed by atoms with Crippen LogP contribution in [0.3, 0.4) is 0 Å². The minimum absolute atomic E-state index is 1.07. The molecule has 2 nitrogen and oxygen atoms in total. The van der Waals surface area contributed by atoms with Gasteiger partial charge in [-0.3, -0.25) is 0 Å². The van der Waals surface area contributed by atoms with E-state index in [9.17, 15) is 0 Å². The molecule has 13 heavy (non-hydrogen) atoms. The number of benzene rings is 1. The molecule has 0 bridgehead atoms. The third kappa shape index (κ3) is 1.22. The van der Waals surface area contributed by atoms with Gasteiger partial charge in [-0.25, -0.2) is 4.98 Å². The highest BCUT2D eigenvalue weighted by Crippen LogP contribution is 2.16. The maximum Gasteiger partial charge on any atom is 0.106 e. The highest BCUT2D eigenvalue weighted by Gasteiger charge is 2.03. The van der Waals surface area contributed by atoms with Crippen molar-refractivity contribution in [3.63, 3.8) is 0 Å². The van der Waals surface area contributed by atoms with Gasteiger partial charge in [-0.2, -0.15) is 0 Å². The van der Waals surface area contributed by atoms with E-state index in [1.54, 1.807) is 0 Å². The van der Waals surface area contributed by atoms with Crippen LogP contribution < -0.4 is 0 Å². The quantitative estimate of drug-likeness (QED) is 0.649. The molecule has 0 aliphatic rings. The van der Waals surface area contributed by atoms with Gasteiger partial charge in [0, 0.05) is 7.05 Å². The first kappa shape index (κ1) is 8.30. The fourth-order valence-electron chi connectivity index (χ4n) is 1.59. The van der Waals surface area contributed by atoms with E-state index in [0.717, 1.165) is 17.8 Å². The second-order valence-corrected chi connectivity index (χ2v) is 3.39. The molecule has 2 heteroatoms. The van der Waals surface area contributed by atoms with Gasteiger partial charge in [0.2, 0.25) is 0 Å². The number of hydrogen-bond acceptors (Lipinski definition) is 1. The Kier molecular flexibility index (Phi) is 1.83. The lowest BCUT2D eigenvalue weighted by Gasteiger charge is -1.97. The Bertz CT molecular complexity index is 441. The molecule has 0 aliphatic heterocycles. The molecule has 1 aromatic carbocycles. The van der Waals surface area contributed by atoms with E-state index in [4.69, 9.17) is 0 Å². The highest BCUT2D eigenvalue weighted by molar-refractivity contribution is 5.76. The summed E-state index contributed by atoms with van der Waals surface area (Å²) >= 11 is 0. The van der Waals surface area contributed by atoms with Crippen molar-refractivity contribution in [3.8, 4) is 0 Å². The molecule has 68 valence electrons. The minimum Gasteiger partial charge on any atom is -0.331 e. The smallest absolute Gasteiger partial charge is 0.106 e. The standard InChI is InChI=1S/C11H14N2/c1-4-9-5-6-11-10(7-9)12-8(2)13(11)3/h5-7H,4H2,1-3H3. The molecule has 1 heterocycles. The third-order valence-electron chi connectivity index (χ3n) is 2.58. The van der Waals surface area contributed by atoms with Gasteiger partial charge in [-0.1, -0.05) is 13.0 Å². The number of fused-ring (bicyclic) bond motifs is 1. The van der Waals surface area contributed by atoms with Crippen molar-refractivity contribution in [2.75, 3.05) is 0 Å². The van der Waals surface area contributed by atoms with Crippen LogP contribution in [0.4, 0.5) is 0 Å². The van der Waals surface area contributed by atoms with Crippen molar-refractivity contribution in [1.82, 2.24) is 9.55 Å². The maximum atomic E-state index is 4.48. The summed E-state index contributed by atoms with van der Waals surface area (Å²) < 4.78 is 2.12. The molecule has 1 aromatic heterocycles. The summed E-state index contributed by atoms with van der Waals surface area (Å²) in [5.74, 6) is 1.07. The zero-order chi connectivity index (χ0) is 9.42. The molecule has 0 amide bonds. The van der Waals surface area contributed by atoms with E-state index in [2.05, 4.69) is 41.7 Å². The van der Waals surface area contributed by atoms with Crippen molar-refractivity contribution in [2.24, 2.45) is 7.05 Å².